The number of hydrogen-bond acceptors (Lipinski definition) is 2. The molecule has 1 aromatic heterocycles. The number of anilines is 1. The van der Waals surface area contributed by atoms with Gasteiger partial charge in [0.25, 0.3) is 0 Å². The Morgan fingerprint density at radius 3 is 2.43 bits per heavy atom. The molecule has 2 atom stereocenters. The predicted octanol–water partition coefficient (Wildman–Crippen LogP) is 7.02. The highest BCUT2D eigenvalue weighted by molar-refractivity contribution is 5.79. The van der Waals surface area contributed by atoms with Crippen LogP contribution in [0.1, 0.15) is 91.4 Å². The zero-order valence-corrected chi connectivity index (χ0v) is 18.3. The van der Waals surface area contributed by atoms with Crippen molar-refractivity contribution in [2.75, 3.05) is 5.32 Å². The maximum absolute atomic E-state index is 10.9. The van der Waals surface area contributed by atoms with Gasteiger partial charge in [0.1, 0.15) is 5.82 Å². The van der Waals surface area contributed by atoms with E-state index in [0.717, 1.165) is 30.5 Å². The fourth-order valence-electron chi connectivity index (χ4n) is 3.67. The molecule has 28 heavy (non-hydrogen) atoms. The lowest BCUT2D eigenvalue weighted by atomic mass is 9.88. The van der Waals surface area contributed by atoms with E-state index in [1.807, 2.05) is 18.3 Å². The second-order valence-corrected chi connectivity index (χ2v) is 8.50. The molecule has 0 saturated heterocycles. The van der Waals surface area contributed by atoms with Crippen LogP contribution in [0, 0.1) is 11.8 Å². The van der Waals surface area contributed by atoms with Crippen LogP contribution in [-0.4, -0.2) is 22.1 Å². The molecule has 0 fully saturated rings. The van der Waals surface area contributed by atoms with E-state index < -0.39 is 5.97 Å². The van der Waals surface area contributed by atoms with Crippen LogP contribution in [0.5, 0.6) is 0 Å². The van der Waals surface area contributed by atoms with Gasteiger partial charge in [0, 0.05) is 18.3 Å². The van der Waals surface area contributed by atoms with E-state index in [1.165, 1.54) is 63.9 Å². The van der Waals surface area contributed by atoms with Gasteiger partial charge in [-0.05, 0) is 36.8 Å². The van der Waals surface area contributed by atoms with E-state index in [2.05, 4.69) is 31.1 Å². The third kappa shape index (κ3) is 12.6. The molecule has 1 rings (SSSR count). The second kappa shape index (κ2) is 15.2. The summed E-state index contributed by atoms with van der Waals surface area (Å²) in [5.41, 5.74) is 0. The molecular formula is C24H42N2O2. The monoisotopic (exact) mass is 390 g/mol. The standard InChI is InChI=1S/C24H42N2O2/c1-4-5-6-7-8-9-11-21(14-13-20(2)3)15-16-22(17-18-24(27)28)26-23-12-10-19-25-23/h10,12,17-22,25-26H,4-9,11,13-16H2,1-3H3,(H,27,28). The second-order valence-electron chi connectivity index (χ2n) is 8.50. The van der Waals surface area contributed by atoms with Crippen LogP contribution in [0.15, 0.2) is 30.5 Å². The maximum Gasteiger partial charge on any atom is 0.328 e. The highest BCUT2D eigenvalue weighted by Crippen LogP contribution is 2.25. The van der Waals surface area contributed by atoms with Crippen molar-refractivity contribution in [1.29, 1.82) is 0 Å². The molecule has 0 aliphatic carbocycles. The minimum absolute atomic E-state index is 0.0425. The lowest BCUT2D eigenvalue weighted by Crippen LogP contribution is -2.19. The number of carbonyl (C=O) groups is 1. The molecule has 0 saturated carbocycles. The SMILES string of the molecule is CCCCCCCCC(CCC(C)C)CCC(C=CC(=O)O)Nc1ccc[nH]1. The van der Waals surface area contributed by atoms with Crippen LogP contribution in [0.4, 0.5) is 5.82 Å². The highest BCUT2D eigenvalue weighted by Gasteiger charge is 2.14. The number of carboxylic acid groups (broad SMARTS) is 1. The molecule has 1 aromatic rings. The Hall–Kier alpha value is -1.71. The highest BCUT2D eigenvalue weighted by atomic mass is 16.4. The van der Waals surface area contributed by atoms with Crippen molar-refractivity contribution in [3.63, 3.8) is 0 Å². The van der Waals surface area contributed by atoms with E-state index >= 15 is 0 Å². The molecular weight excluding hydrogens is 348 g/mol. The van der Waals surface area contributed by atoms with Gasteiger partial charge in [-0.3, -0.25) is 0 Å². The lowest BCUT2D eigenvalue weighted by Gasteiger charge is -2.21. The molecule has 4 nitrogen and oxygen atoms in total. The number of rotatable bonds is 17. The summed E-state index contributed by atoms with van der Waals surface area (Å²) in [4.78, 5) is 14.1. The molecule has 3 N–H and O–H groups in total. The average molecular weight is 391 g/mol. The zero-order chi connectivity index (χ0) is 20.6. The minimum Gasteiger partial charge on any atom is -0.478 e. The van der Waals surface area contributed by atoms with Gasteiger partial charge in [0.05, 0.1) is 0 Å². The number of carboxylic acids is 1. The fourth-order valence-corrected chi connectivity index (χ4v) is 3.67. The number of aromatic amines is 1. The summed E-state index contributed by atoms with van der Waals surface area (Å²) >= 11 is 0. The Kier molecular flexibility index (Phi) is 13.2. The lowest BCUT2D eigenvalue weighted by molar-refractivity contribution is -0.131. The van der Waals surface area contributed by atoms with Crippen molar-refractivity contribution in [2.24, 2.45) is 11.8 Å². The first kappa shape index (κ1) is 24.3. The fraction of sp³-hybridized carbons (Fsp3) is 0.708. The third-order valence-electron chi connectivity index (χ3n) is 5.41. The molecule has 0 radical (unpaired) electrons. The van der Waals surface area contributed by atoms with E-state index in [0.29, 0.717) is 0 Å². The van der Waals surface area contributed by atoms with Crippen molar-refractivity contribution < 1.29 is 9.90 Å². The summed E-state index contributed by atoms with van der Waals surface area (Å²) in [6, 6.07) is 3.97. The number of aromatic nitrogens is 1. The van der Waals surface area contributed by atoms with Crippen molar-refractivity contribution in [3.8, 4) is 0 Å². The maximum atomic E-state index is 10.9. The molecule has 0 spiro atoms. The third-order valence-corrected chi connectivity index (χ3v) is 5.41. The Morgan fingerprint density at radius 1 is 1.07 bits per heavy atom. The van der Waals surface area contributed by atoms with E-state index in [-0.39, 0.29) is 6.04 Å². The van der Waals surface area contributed by atoms with E-state index in [1.54, 1.807) is 6.08 Å². The topological polar surface area (TPSA) is 65.1 Å². The Balaban J connectivity index is 2.52. The van der Waals surface area contributed by atoms with Crippen molar-refractivity contribution >= 4 is 11.8 Å². The van der Waals surface area contributed by atoms with Crippen LogP contribution in [-0.2, 0) is 4.79 Å². The first-order valence-corrected chi connectivity index (χ1v) is 11.3. The molecule has 0 amide bonds. The molecule has 0 bridgehead atoms. The van der Waals surface area contributed by atoms with Gasteiger partial charge in [-0.15, -0.1) is 0 Å². The Labute approximate surface area is 172 Å². The predicted molar refractivity (Wildman–Crippen MR) is 120 cm³/mol. The van der Waals surface area contributed by atoms with E-state index in [4.69, 9.17) is 5.11 Å². The summed E-state index contributed by atoms with van der Waals surface area (Å²) in [5, 5.41) is 12.4. The van der Waals surface area contributed by atoms with Crippen LogP contribution in [0.3, 0.4) is 0 Å². The quantitative estimate of drug-likeness (QED) is 0.198. The van der Waals surface area contributed by atoms with Crippen molar-refractivity contribution in [2.45, 2.75) is 97.4 Å². The number of hydrogen-bond donors (Lipinski definition) is 3. The van der Waals surface area contributed by atoms with Crippen molar-refractivity contribution in [3.05, 3.63) is 30.5 Å². The zero-order valence-electron chi connectivity index (χ0n) is 18.3. The molecule has 0 aliphatic rings. The van der Waals surface area contributed by atoms with Crippen LogP contribution < -0.4 is 5.32 Å². The molecule has 1 heterocycles. The summed E-state index contributed by atoms with van der Waals surface area (Å²) in [7, 11) is 0. The van der Waals surface area contributed by atoms with E-state index in [9.17, 15) is 4.79 Å². The molecule has 0 aromatic carbocycles. The summed E-state index contributed by atoms with van der Waals surface area (Å²) < 4.78 is 0. The number of nitrogens with one attached hydrogen (secondary N) is 2. The molecule has 2 unspecified atom stereocenters. The number of H-pyrrole nitrogens is 1. The normalized spacial score (nSPS) is 13.9. The van der Waals surface area contributed by atoms with Gasteiger partial charge in [0.2, 0.25) is 0 Å². The van der Waals surface area contributed by atoms with Gasteiger partial charge in [-0.2, -0.15) is 0 Å². The first-order chi connectivity index (χ1) is 13.5. The molecule has 160 valence electrons. The molecule has 4 heteroatoms. The van der Waals surface area contributed by atoms with Crippen molar-refractivity contribution in [1.82, 2.24) is 4.98 Å². The summed E-state index contributed by atoms with van der Waals surface area (Å²) in [6.45, 7) is 6.86. The van der Waals surface area contributed by atoms with Crippen LogP contribution in [0.25, 0.3) is 0 Å². The van der Waals surface area contributed by atoms with Crippen LogP contribution >= 0.6 is 0 Å². The van der Waals surface area contributed by atoms with Gasteiger partial charge >= 0.3 is 5.97 Å². The van der Waals surface area contributed by atoms with Gasteiger partial charge in [-0.1, -0.05) is 84.6 Å². The average Bonchev–Trinajstić information content (AvgIpc) is 3.16. The number of aliphatic carboxylic acids is 1. The largest absolute Gasteiger partial charge is 0.478 e. The van der Waals surface area contributed by atoms with Gasteiger partial charge < -0.3 is 15.4 Å². The minimum atomic E-state index is -0.887. The van der Waals surface area contributed by atoms with Gasteiger partial charge in [0.15, 0.2) is 0 Å². The summed E-state index contributed by atoms with van der Waals surface area (Å²) in [5.74, 6) is 1.53. The smallest absolute Gasteiger partial charge is 0.328 e. The van der Waals surface area contributed by atoms with Gasteiger partial charge in [-0.25, -0.2) is 4.79 Å². The Bertz CT molecular complexity index is 523. The molecule has 0 aliphatic heterocycles. The Morgan fingerprint density at radius 2 is 1.79 bits per heavy atom. The first-order valence-electron chi connectivity index (χ1n) is 11.3. The van der Waals surface area contributed by atoms with Crippen LogP contribution in [0.2, 0.25) is 0 Å². The number of unbranched alkanes of at least 4 members (excludes halogenated alkanes) is 5. The summed E-state index contributed by atoms with van der Waals surface area (Å²) in [6.07, 6.45) is 19.0.